The molecule has 0 amide bonds. The predicted molar refractivity (Wildman–Crippen MR) is 84.8 cm³/mol. The highest BCUT2D eigenvalue weighted by Gasteiger charge is 2.10. The summed E-state index contributed by atoms with van der Waals surface area (Å²) >= 11 is 3.55. The molecule has 106 valence electrons. The summed E-state index contributed by atoms with van der Waals surface area (Å²) in [7, 11) is 0. The minimum atomic E-state index is -0.0913. The van der Waals surface area contributed by atoms with E-state index in [2.05, 4.69) is 33.9 Å². The SMILES string of the molecule is CCCOc1cncc(C(N)Cc2ccccc2Br)c1. The third-order valence-corrected chi connectivity index (χ3v) is 3.81. The molecule has 2 N–H and O–H groups in total. The molecule has 0 spiro atoms. The number of ether oxygens (including phenoxy) is 1. The van der Waals surface area contributed by atoms with E-state index < -0.39 is 0 Å². The Morgan fingerprint density at radius 2 is 2.10 bits per heavy atom. The first kappa shape index (κ1) is 15.0. The first-order valence-corrected chi connectivity index (χ1v) is 7.56. The number of halogens is 1. The number of rotatable bonds is 6. The van der Waals surface area contributed by atoms with Crippen molar-refractivity contribution in [2.75, 3.05) is 6.61 Å². The summed E-state index contributed by atoms with van der Waals surface area (Å²) < 4.78 is 6.68. The van der Waals surface area contributed by atoms with Crippen molar-refractivity contribution in [3.05, 3.63) is 58.3 Å². The van der Waals surface area contributed by atoms with Crippen molar-refractivity contribution in [1.82, 2.24) is 4.98 Å². The van der Waals surface area contributed by atoms with Crippen LogP contribution in [0.2, 0.25) is 0 Å². The minimum Gasteiger partial charge on any atom is -0.492 e. The van der Waals surface area contributed by atoms with Gasteiger partial charge >= 0.3 is 0 Å². The fraction of sp³-hybridized carbons (Fsp3) is 0.312. The van der Waals surface area contributed by atoms with Crippen LogP contribution in [0.25, 0.3) is 0 Å². The molecule has 2 rings (SSSR count). The molecular formula is C16H19BrN2O. The van der Waals surface area contributed by atoms with Crippen molar-refractivity contribution in [3.63, 3.8) is 0 Å². The number of benzene rings is 1. The van der Waals surface area contributed by atoms with E-state index in [0.717, 1.165) is 28.6 Å². The first-order valence-electron chi connectivity index (χ1n) is 6.77. The van der Waals surface area contributed by atoms with E-state index in [4.69, 9.17) is 10.5 Å². The van der Waals surface area contributed by atoms with Gasteiger partial charge in [-0.1, -0.05) is 41.1 Å². The Hall–Kier alpha value is -1.39. The van der Waals surface area contributed by atoms with Crippen LogP contribution in [0.15, 0.2) is 47.2 Å². The summed E-state index contributed by atoms with van der Waals surface area (Å²) in [4.78, 5) is 4.21. The lowest BCUT2D eigenvalue weighted by atomic mass is 10.0. The largest absolute Gasteiger partial charge is 0.492 e. The number of nitrogens with two attached hydrogens (primary N) is 1. The lowest BCUT2D eigenvalue weighted by molar-refractivity contribution is 0.315. The van der Waals surface area contributed by atoms with Gasteiger partial charge in [0.25, 0.3) is 0 Å². The second-order valence-electron chi connectivity index (χ2n) is 4.70. The van der Waals surface area contributed by atoms with Crippen LogP contribution in [0.3, 0.4) is 0 Å². The van der Waals surface area contributed by atoms with Crippen molar-refractivity contribution in [2.45, 2.75) is 25.8 Å². The Labute approximate surface area is 128 Å². The molecule has 0 radical (unpaired) electrons. The molecule has 1 aromatic carbocycles. The maximum atomic E-state index is 6.28. The zero-order chi connectivity index (χ0) is 14.4. The molecule has 1 unspecified atom stereocenters. The van der Waals surface area contributed by atoms with E-state index >= 15 is 0 Å². The molecule has 0 saturated carbocycles. The summed E-state index contributed by atoms with van der Waals surface area (Å²) in [6, 6.07) is 10.0. The Balaban J connectivity index is 2.09. The molecule has 1 heterocycles. The lowest BCUT2D eigenvalue weighted by Crippen LogP contribution is -2.14. The normalized spacial score (nSPS) is 12.2. The molecule has 1 aromatic heterocycles. The van der Waals surface area contributed by atoms with E-state index in [9.17, 15) is 0 Å². The summed E-state index contributed by atoms with van der Waals surface area (Å²) in [6.45, 7) is 2.78. The van der Waals surface area contributed by atoms with Gasteiger partial charge in [-0.15, -0.1) is 0 Å². The molecule has 3 nitrogen and oxygen atoms in total. The number of nitrogens with zero attached hydrogens (tertiary/aromatic N) is 1. The third kappa shape index (κ3) is 4.05. The van der Waals surface area contributed by atoms with Crippen LogP contribution in [-0.4, -0.2) is 11.6 Å². The van der Waals surface area contributed by atoms with E-state index in [1.807, 2.05) is 24.3 Å². The van der Waals surface area contributed by atoms with Crippen LogP contribution >= 0.6 is 15.9 Å². The molecule has 0 saturated heterocycles. The zero-order valence-corrected chi connectivity index (χ0v) is 13.1. The van der Waals surface area contributed by atoms with Crippen molar-refractivity contribution < 1.29 is 4.74 Å². The predicted octanol–water partition coefficient (Wildman–Crippen LogP) is 3.88. The standard InChI is InChI=1S/C16H19BrN2O/c1-2-7-20-14-8-13(10-19-11-14)16(18)9-12-5-3-4-6-15(12)17/h3-6,8,10-11,16H,2,7,9,18H2,1H3. The maximum Gasteiger partial charge on any atom is 0.137 e. The average molecular weight is 335 g/mol. The van der Waals surface area contributed by atoms with Gasteiger partial charge in [-0.25, -0.2) is 0 Å². The summed E-state index contributed by atoms with van der Waals surface area (Å²) in [5, 5.41) is 0. The van der Waals surface area contributed by atoms with Crippen LogP contribution in [0.1, 0.15) is 30.5 Å². The molecule has 1 atom stereocenters. The number of aromatic nitrogens is 1. The van der Waals surface area contributed by atoms with Gasteiger partial charge in [0.15, 0.2) is 0 Å². The molecule has 0 aliphatic carbocycles. The number of hydrogen-bond acceptors (Lipinski definition) is 3. The Kier molecular flexibility index (Phi) is 5.56. The van der Waals surface area contributed by atoms with Crippen LogP contribution in [0, 0.1) is 0 Å². The molecule has 0 aliphatic rings. The fourth-order valence-corrected chi connectivity index (χ4v) is 2.40. The topological polar surface area (TPSA) is 48.1 Å². The first-order chi connectivity index (χ1) is 9.70. The third-order valence-electron chi connectivity index (χ3n) is 3.03. The summed E-state index contributed by atoms with van der Waals surface area (Å²) in [5.41, 5.74) is 8.47. The molecule has 20 heavy (non-hydrogen) atoms. The highest BCUT2D eigenvalue weighted by atomic mass is 79.9. The number of pyridine rings is 1. The van der Waals surface area contributed by atoms with Gasteiger partial charge in [0.1, 0.15) is 5.75 Å². The molecule has 0 aliphatic heterocycles. The molecule has 0 bridgehead atoms. The molecule has 4 heteroatoms. The number of hydrogen-bond donors (Lipinski definition) is 1. The zero-order valence-electron chi connectivity index (χ0n) is 11.6. The summed E-state index contributed by atoms with van der Waals surface area (Å²) in [6.07, 6.45) is 5.28. The van der Waals surface area contributed by atoms with Crippen molar-refractivity contribution in [2.24, 2.45) is 5.73 Å². The van der Waals surface area contributed by atoms with E-state index in [-0.39, 0.29) is 6.04 Å². The molecule has 2 aromatic rings. The van der Waals surface area contributed by atoms with Crippen molar-refractivity contribution in [3.8, 4) is 5.75 Å². The van der Waals surface area contributed by atoms with E-state index in [0.29, 0.717) is 6.61 Å². The van der Waals surface area contributed by atoms with Crippen LogP contribution in [-0.2, 0) is 6.42 Å². The highest BCUT2D eigenvalue weighted by Crippen LogP contribution is 2.23. The maximum absolute atomic E-state index is 6.28. The van der Waals surface area contributed by atoms with Gasteiger partial charge in [-0.2, -0.15) is 0 Å². The Bertz CT molecular complexity index is 560. The smallest absolute Gasteiger partial charge is 0.137 e. The van der Waals surface area contributed by atoms with E-state index in [1.165, 1.54) is 5.56 Å². The highest BCUT2D eigenvalue weighted by molar-refractivity contribution is 9.10. The molecular weight excluding hydrogens is 316 g/mol. The van der Waals surface area contributed by atoms with Gasteiger partial charge in [0, 0.05) is 16.7 Å². The second kappa shape index (κ2) is 7.41. The quantitative estimate of drug-likeness (QED) is 0.872. The van der Waals surface area contributed by atoms with E-state index in [1.54, 1.807) is 12.4 Å². The van der Waals surface area contributed by atoms with Crippen molar-refractivity contribution in [1.29, 1.82) is 0 Å². The monoisotopic (exact) mass is 334 g/mol. The second-order valence-corrected chi connectivity index (χ2v) is 5.56. The Morgan fingerprint density at radius 3 is 2.85 bits per heavy atom. The van der Waals surface area contributed by atoms with Gasteiger partial charge < -0.3 is 10.5 Å². The minimum absolute atomic E-state index is 0.0913. The van der Waals surface area contributed by atoms with Crippen molar-refractivity contribution >= 4 is 15.9 Å². The van der Waals surface area contributed by atoms with Gasteiger partial charge in [-0.05, 0) is 36.1 Å². The lowest BCUT2D eigenvalue weighted by Gasteiger charge is -2.14. The van der Waals surface area contributed by atoms with Crippen LogP contribution in [0.5, 0.6) is 5.75 Å². The van der Waals surface area contributed by atoms with Crippen LogP contribution in [0.4, 0.5) is 0 Å². The van der Waals surface area contributed by atoms with Gasteiger partial charge in [-0.3, -0.25) is 4.98 Å². The van der Waals surface area contributed by atoms with Gasteiger partial charge in [0.2, 0.25) is 0 Å². The Morgan fingerprint density at radius 1 is 1.30 bits per heavy atom. The summed E-state index contributed by atoms with van der Waals surface area (Å²) in [5.74, 6) is 0.784. The van der Waals surface area contributed by atoms with Gasteiger partial charge in [0.05, 0.1) is 12.8 Å². The molecule has 0 fully saturated rings. The van der Waals surface area contributed by atoms with Crippen LogP contribution < -0.4 is 10.5 Å². The average Bonchev–Trinajstić information content (AvgIpc) is 2.48. The fourth-order valence-electron chi connectivity index (χ4n) is 1.96.